The summed E-state index contributed by atoms with van der Waals surface area (Å²) in [5, 5.41) is 10.0. The average Bonchev–Trinajstić information content (AvgIpc) is 3.19. The van der Waals surface area contributed by atoms with Gasteiger partial charge in [-0.15, -0.1) is 0 Å². The van der Waals surface area contributed by atoms with Crippen LogP contribution in [-0.4, -0.2) is 26.2 Å². The zero-order valence-electron chi connectivity index (χ0n) is 14.7. The molecule has 2 amide bonds. The molecule has 0 aromatic carbocycles. The summed E-state index contributed by atoms with van der Waals surface area (Å²) in [6.07, 6.45) is 10.3. The van der Waals surface area contributed by atoms with E-state index in [1.54, 1.807) is 12.2 Å². The number of carbonyl (C=O) groups excluding carboxylic acids is 2. The third-order valence-corrected chi connectivity index (χ3v) is 6.09. The van der Waals surface area contributed by atoms with Crippen LogP contribution in [-0.2, 0) is 4.79 Å². The fourth-order valence-electron chi connectivity index (χ4n) is 3.10. The molecule has 2 aliphatic carbocycles. The Morgan fingerprint density at radius 3 is 2.74 bits per heavy atom. The molecule has 0 bridgehead atoms. The van der Waals surface area contributed by atoms with Crippen LogP contribution in [0.2, 0.25) is 0 Å². The summed E-state index contributed by atoms with van der Waals surface area (Å²) in [5.41, 5.74) is 1.40. The van der Waals surface area contributed by atoms with Gasteiger partial charge >= 0.3 is 5.88 Å². The van der Waals surface area contributed by atoms with E-state index in [-0.39, 0.29) is 27.5 Å². The number of nitro groups is 1. The number of furan rings is 1. The Kier molecular flexibility index (Phi) is 3.96. The minimum atomic E-state index is -0.634. The summed E-state index contributed by atoms with van der Waals surface area (Å²) in [7, 11) is 0. The molecule has 4 rings (SSSR count). The fourth-order valence-corrected chi connectivity index (χ4v) is 4.23. The highest BCUT2D eigenvalue weighted by atomic mass is 32.2. The number of imide groups is 1. The van der Waals surface area contributed by atoms with Gasteiger partial charge in [-0.3, -0.25) is 19.7 Å². The first-order valence-corrected chi connectivity index (χ1v) is 9.35. The van der Waals surface area contributed by atoms with Crippen LogP contribution in [0.15, 0.2) is 58.2 Å². The Morgan fingerprint density at radius 2 is 2.07 bits per heavy atom. The number of allylic oxidation sites excluding steroid dienone is 5. The molecule has 3 aliphatic rings. The zero-order valence-corrected chi connectivity index (χ0v) is 15.5. The first-order chi connectivity index (χ1) is 12.8. The maximum absolute atomic E-state index is 12.9. The topological polar surface area (TPSA) is 93.7 Å². The van der Waals surface area contributed by atoms with E-state index in [2.05, 4.69) is 13.8 Å². The molecular weight excluding hydrogens is 368 g/mol. The zero-order chi connectivity index (χ0) is 19.3. The van der Waals surface area contributed by atoms with E-state index in [1.807, 2.05) is 18.2 Å². The van der Waals surface area contributed by atoms with Crippen molar-refractivity contribution in [3.05, 3.63) is 69.7 Å². The van der Waals surface area contributed by atoms with Crippen molar-refractivity contribution >= 4 is 34.4 Å². The van der Waals surface area contributed by atoms with Crippen LogP contribution in [0.1, 0.15) is 26.0 Å². The molecule has 138 valence electrons. The van der Waals surface area contributed by atoms with Gasteiger partial charge in [0.2, 0.25) is 0 Å². The maximum atomic E-state index is 12.9. The third kappa shape index (κ3) is 2.86. The van der Waals surface area contributed by atoms with E-state index < -0.39 is 10.8 Å². The van der Waals surface area contributed by atoms with Crippen LogP contribution in [0.25, 0.3) is 5.57 Å². The lowest BCUT2D eigenvalue weighted by molar-refractivity contribution is -0.402. The summed E-state index contributed by atoms with van der Waals surface area (Å²) >= 11 is 1.02. The summed E-state index contributed by atoms with van der Waals surface area (Å²) in [4.78, 5) is 36.8. The van der Waals surface area contributed by atoms with Gasteiger partial charge in [-0.05, 0) is 24.6 Å². The highest BCUT2D eigenvalue weighted by molar-refractivity contribution is 8.15. The molecule has 0 spiro atoms. The standard InChI is InChI=1S/C19H16N2O5S/c1-3-19(2)9-4-5-11(8-10-19)20-17(22)15-14(16(15)27-18(20)23)12-6-7-13(26-12)21(24)25/h4-10,16H,3H2,1-2H3/t16-,19?/m1/s1. The Bertz CT molecular complexity index is 999. The van der Waals surface area contributed by atoms with Gasteiger partial charge in [0.25, 0.3) is 11.1 Å². The lowest BCUT2D eigenvalue weighted by atomic mass is 9.87. The molecule has 0 saturated carbocycles. The number of rotatable bonds is 4. The molecule has 2 heterocycles. The van der Waals surface area contributed by atoms with E-state index in [0.717, 1.165) is 23.1 Å². The second kappa shape index (κ2) is 6.09. The molecule has 1 saturated heterocycles. The second-order valence-electron chi connectivity index (χ2n) is 6.77. The Morgan fingerprint density at radius 1 is 1.30 bits per heavy atom. The predicted octanol–water partition coefficient (Wildman–Crippen LogP) is 4.45. The number of thioether (sulfide) groups is 1. The Hall–Kier alpha value is -2.87. The summed E-state index contributed by atoms with van der Waals surface area (Å²) in [6.45, 7) is 4.15. The SMILES string of the molecule is CCC1(C)C=CC=C(N2C(=O)S[C@H]3C(=C3c3ccc([N+](=O)[O-])o3)C2=O)C=C1. The van der Waals surface area contributed by atoms with Gasteiger partial charge in [-0.25, -0.2) is 4.90 Å². The molecule has 0 N–H and O–H groups in total. The first kappa shape index (κ1) is 17.5. The van der Waals surface area contributed by atoms with E-state index >= 15 is 0 Å². The number of carbonyl (C=O) groups is 2. The molecule has 8 heteroatoms. The summed E-state index contributed by atoms with van der Waals surface area (Å²) < 4.78 is 5.19. The minimum Gasteiger partial charge on any atom is -0.401 e. The molecule has 1 aliphatic heterocycles. The highest BCUT2D eigenvalue weighted by Crippen LogP contribution is 2.54. The maximum Gasteiger partial charge on any atom is 0.433 e. The molecule has 1 aromatic heterocycles. The molecule has 1 fully saturated rings. The highest BCUT2D eigenvalue weighted by Gasteiger charge is 2.53. The van der Waals surface area contributed by atoms with Crippen molar-refractivity contribution in [3.8, 4) is 0 Å². The van der Waals surface area contributed by atoms with Crippen LogP contribution in [0.3, 0.4) is 0 Å². The van der Waals surface area contributed by atoms with Crippen LogP contribution < -0.4 is 0 Å². The van der Waals surface area contributed by atoms with Gasteiger partial charge in [-0.2, -0.15) is 0 Å². The summed E-state index contributed by atoms with van der Waals surface area (Å²) in [6, 6.07) is 2.70. The molecule has 1 unspecified atom stereocenters. The van der Waals surface area contributed by atoms with Gasteiger partial charge in [0, 0.05) is 16.6 Å². The van der Waals surface area contributed by atoms with E-state index in [0.29, 0.717) is 16.8 Å². The number of nitrogens with zero attached hydrogens (tertiary/aromatic N) is 2. The first-order valence-electron chi connectivity index (χ1n) is 8.47. The Labute approximate surface area is 159 Å². The third-order valence-electron chi connectivity index (χ3n) is 5.00. The van der Waals surface area contributed by atoms with Crippen molar-refractivity contribution in [3.63, 3.8) is 0 Å². The van der Waals surface area contributed by atoms with Gasteiger partial charge < -0.3 is 4.42 Å². The van der Waals surface area contributed by atoms with Crippen LogP contribution in [0, 0.1) is 15.5 Å². The molecule has 2 atom stereocenters. The molecular formula is C19H16N2O5S. The van der Waals surface area contributed by atoms with Crippen molar-refractivity contribution in [2.24, 2.45) is 5.41 Å². The lowest BCUT2D eigenvalue weighted by Gasteiger charge is -2.24. The fraction of sp³-hybridized carbons (Fsp3) is 0.263. The average molecular weight is 384 g/mol. The number of hydrogen-bond donors (Lipinski definition) is 0. The monoisotopic (exact) mass is 384 g/mol. The lowest BCUT2D eigenvalue weighted by Crippen LogP contribution is -2.36. The number of hydrogen-bond acceptors (Lipinski definition) is 6. The molecule has 27 heavy (non-hydrogen) atoms. The van der Waals surface area contributed by atoms with Gasteiger partial charge in [0.05, 0.1) is 17.0 Å². The molecule has 7 nitrogen and oxygen atoms in total. The minimum absolute atomic E-state index is 0.132. The van der Waals surface area contributed by atoms with E-state index in [1.165, 1.54) is 12.1 Å². The van der Waals surface area contributed by atoms with Crippen molar-refractivity contribution in [2.75, 3.05) is 0 Å². The van der Waals surface area contributed by atoms with Gasteiger partial charge in [0.1, 0.15) is 10.7 Å². The van der Waals surface area contributed by atoms with E-state index in [4.69, 9.17) is 4.42 Å². The van der Waals surface area contributed by atoms with Gasteiger partial charge in [-0.1, -0.05) is 43.8 Å². The van der Waals surface area contributed by atoms with Crippen molar-refractivity contribution < 1.29 is 18.9 Å². The smallest absolute Gasteiger partial charge is 0.401 e. The normalized spacial score (nSPS) is 26.8. The second-order valence-corrected chi connectivity index (χ2v) is 7.83. The predicted molar refractivity (Wildman–Crippen MR) is 101 cm³/mol. The number of amides is 2. The van der Waals surface area contributed by atoms with Crippen molar-refractivity contribution in [2.45, 2.75) is 25.5 Å². The van der Waals surface area contributed by atoms with Crippen molar-refractivity contribution in [1.29, 1.82) is 0 Å². The van der Waals surface area contributed by atoms with Crippen LogP contribution >= 0.6 is 11.8 Å². The molecule has 1 aromatic rings. The van der Waals surface area contributed by atoms with Gasteiger partial charge in [0.15, 0.2) is 0 Å². The van der Waals surface area contributed by atoms with Crippen molar-refractivity contribution in [1.82, 2.24) is 4.90 Å². The Balaban J connectivity index is 1.64. The van der Waals surface area contributed by atoms with Crippen LogP contribution in [0.4, 0.5) is 10.7 Å². The van der Waals surface area contributed by atoms with Crippen LogP contribution in [0.5, 0.6) is 0 Å². The number of fused-ring (bicyclic) bond motifs is 1. The molecule has 0 radical (unpaired) electrons. The van der Waals surface area contributed by atoms with E-state index in [9.17, 15) is 19.7 Å². The quantitative estimate of drug-likeness (QED) is 0.562. The largest absolute Gasteiger partial charge is 0.433 e. The summed E-state index contributed by atoms with van der Waals surface area (Å²) in [5.74, 6) is -0.524.